The number of hydrogen-bond acceptors (Lipinski definition) is 1. The Labute approximate surface area is 81.5 Å². The van der Waals surface area contributed by atoms with Gasteiger partial charge in [0.1, 0.15) is 0 Å². The SMILES string of the molecule is COP(F)(C(F)(F)F)(C(F)(F)F)C(F)(F)F. The van der Waals surface area contributed by atoms with Crippen LogP contribution in [0.4, 0.5) is 43.7 Å². The van der Waals surface area contributed by atoms with Crippen LogP contribution in [0, 0.1) is 0 Å². The molecule has 1 nitrogen and oxygen atoms in total. The van der Waals surface area contributed by atoms with E-state index in [1.54, 1.807) is 0 Å². The molecule has 0 amide bonds. The molecule has 0 saturated heterocycles. The number of halogens is 10. The molecule has 0 heterocycles. The second kappa shape index (κ2) is 3.34. The molecule has 0 aromatic rings. The van der Waals surface area contributed by atoms with Gasteiger partial charge in [0.25, 0.3) is 0 Å². The van der Waals surface area contributed by atoms with Crippen molar-refractivity contribution >= 4 is 7.14 Å². The van der Waals surface area contributed by atoms with Crippen molar-refractivity contribution in [2.24, 2.45) is 0 Å². The normalized spacial score (nSPS) is 18.1. The Morgan fingerprint density at radius 1 is 0.688 bits per heavy atom. The fraction of sp³-hybridized carbons (Fsp3) is 1.00. The van der Waals surface area contributed by atoms with E-state index in [4.69, 9.17) is 0 Å². The number of alkyl halides is 9. The van der Waals surface area contributed by atoms with Crippen LogP contribution in [0.25, 0.3) is 0 Å². The molecule has 0 spiro atoms. The average Bonchev–Trinajstić information content (AvgIpc) is 1.95. The van der Waals surface area contributed by atoms with E-state index in [9.17, 15) is 43.7 Å². The van der Waals surface area contributed by atoms with Crippen LogP contribution in [0.3, 0.4) is 0 Å². The van der Waals surface area contributed by atoms with E-state index in [0.717, 1.165) is 0 Å². The third kappa shape index (κ3) is 1.40. The first-order valence-electron chi connectivity index (χ1n) is 3.13. The van der Waals surface area contributed by atoms with Crippen molar-refractivity contribution in [2.75, 3.05) is 7.11 Å². The molecule has 12 heteroatoms. The van der Waals surface area contributed by atoms with Crippen LogP contribution in [0.1, 0.15) is 0 Å². The van der Waals surface area contributed by atoms with E-state index in [-0.39, 0.29) is 0 Å². The molecule has 0 aromatic heterocycles. The van der Waals surface area contributed by atoms with Crippen molar-refractivity contribution in [1.82, 2.24) is 0 Å². The average molecular weight is 288 g/mol. The van der Waals surface area contributed by atoms with Crippen molar-refractivity contribution < 1.29 is 48.2 Å². The van der Waals surface area contributed by atoms with Gasteiger partial charge in [-0.05, 0) is 0 Å². The summed E-state index contributed by atoms with van der Waals surface area (Å²) in [6, 6.07) is 0. The summed E-state index contributed by atoms with van der Waals surface area (Å²) in [7, 11) is -10.5. The van der Waals surface area contributed by atoms with Crippen molar-refractivity contribution in [1.29, 1.82) is 0 Å². The summed E-state index contributed by atoms with van der Waals surface area (Å²) >= 11 is 0. The summed E-state index contributed by atoms with van der Waals surface area (Å²) in [4.78, 5) is 0. The molecule has 0 N–H and O–H groups in total. The second-order valence-corrected chi connectivity index (χ2v) is 6.27. The minimum absolute atomic E-state index is 0.619. The summed E-state index contributed by atoms with van der Waals surface area (Å²) in [5.41, 5.74) is 0. The third-order valence-corrected chi connectivity index (χ3v) is 5.10. The van der Waals surface area contributed by atoms with Crippen molar-refractivity contribution in [3.05, 3.63) is 0 Å². The summed E-state index contributed by atoms with van der Waals surface area (Å²) in [6.07, 6.45) is 0. The molecule has 0 aliphatic heterocycles. The molecule has 100 valence electrons. The fourth-order valence-electron chi connectivity index (χ4n) is 0.742. The Morgan fingerprint density at radius 3 is 0.875 bits per heavy atom. The molecule has 0 radical (unpaired) electrons. The molecular formula is C4H3F10OP. The number of rotatable bonds is 1. The molecule has 16 heavy (non-hydrogen) atoms. The zero-order chi connectivity index (χ0) is 13.7. The van der Waals surface area contributed by atoms with E-state index in [0.29, 0.717) is 0 Å². The van der Waals surface area contributed by atoms with E-state index >= 15 is 0 Å². The first-order chi connectivity index (χ1) is 6.64. The van der Waals surface area contributed by atoms with E-state index in [2.05, 4.69) is 4.52 Å². The quantitative estimate of drug-likeness (QED) is 0.508. The van der Waals surface area contributed by atoms with Gasteiger partial charge in [-0.15, -0.1) is 0 Å². The van der Waals surface area contributed by atoms with Crippen LogP contribution < -0.4 is 0 Å². The van der Waals surface area contributed by atoms with Gasteiger partial charge in [-0.2, -0.15) is 0 Å². The monoisotopic (exact) mass is 288 g/mol. The van der Waals surface area contributed by atoms with E-state index in [1.165, 1.54) is 0 Å². The number of hydrogen-bond donors (Lipinski definition) is 0. The Bertz CT molecular complexity index is 233. The first kappa shape index (κ1) is 15.7. The molecule has 0 atom stereocenters. The third-order valence-electron chi connectivity index (χ3n) is 1.70. The van der Waals surface area contributed by atoms with Crippen molar-refractivity contribution in [3.63, 3.8) is 0 Å². The molecule has 0 fully saturated rings. The Kier molecular flexibility index (Phi) is 3.28. The topological polar surface area (TPSA) is 9.23 Å². The summed E-state index contributed by atoms with van der Waals surface area (Å²) in [5.74, 6) is -21.7. The molecule has 0 aliphatic carbocycles. The van der Waals surface area contributed by atoms with Gasteiger partial charge in [0.2, 0.25) is 0 Å². The molecule has 0 saturated carbocycles. The van der Waals surface area contributed by atoms with Gasteiger partial charge in [-0.1, -0.05) is 0 Å². The van der Waals surface area contributed by atoms with Gasteiger partial charge < -0.3 is 0 Å². The van der Waals surface area contributed by atoms with Crippen LogP contribution in [-0.4, -0.2) is 24.9 Å². The molecule has 0 aromatic carbocycles. The summed E-state index contributed by atoms with van der Waals surface area (Å²) in [5, 5.41) is 0. The van der Waals surface area contributed by atoms with Crippen molar-refractivity contribution in [3.8, 4) is 0 Å². The van der Waals surface area contributed by atoms with Crippen molar-refractivity contribution in [2.45, 2.75) is 17.8 Å². The van der Waals surface area contributed by atoms with Crippen LogP contribution in [0.15, 0.2) is 0 Å². The predicted molar refractivity (Wildman–Crippen MR) is 33.2 cm³/mol. The van der Waals surface area contributed by atoms with E-state index in [1.807, 2.05) is 0 Å². The van der Waals surface area contributed by atoms with Gasteiger partial charge in [0.15, 0.2) is 0 Å². The van der Waals surface area contributed by atoms with Crippen LogP contribution >= 0.6 is 7.14 Å². The van der Waals surface area contributed by atoms with Gasteiger partial charge in [-0.3, -0.25) is 0 Å². The van der Waals surface area contributed by atoms with Gasteiger partial charge in [0.05, 0.1) is 0 Å². The molecule has 0 aliphatic rings. The molecule has 0 rings (SSSR count). The predicted octanol–water partition coefficient (Wildman–Crippen LogP) is 4.55. The van der Waals surface area contributed by atoms with Gasteiger partial charge in [0, 0.05) is 0 Å². The zero-order valence-corrected chi connectivity index (χ0v) is 8.03. The maximum atomic E-state index is 13.0. The fourth-order valence-corrected chi connectivity index (χ4v) is 2.23. The Hall–Kier alpha value is -0.310. The second-order valence-electron chi connectivity index (χ2n) is 2.52. The van der Waals surface area contributed by atoms with Gasteiger partial charge in [-0.25, -0.2) is 0 Å². The molecule has 0 bridgehead atoms. The Balaban J connectivity index is 6.31. The summed E-state index contributed by atoms with van der Waals surface area (Å²) < 4.78 is 122. The zero-order valence-electron chi connectivity index (χ0n) is 7.14. The molecule has 0 unspecified atom stereocenters. The van der Waals surface area contributed by atoms with E-state index < -0.39 is 32.0 Å². The molecular weight excluding hydrogens is 285 g/mol. The van der Waals surface area contributed by atoms with Crippen LogP contribution in [0.5, 0.6) is 0 Å². The Morgan fingerprint density at radius 2 is 0.875 bits per heavy atom. The summed E-state index contributed by atoms with van der Waals surface area (Å²) in [6.45, 7) is 0. The first-order valence-corrected chi connectivity index (χ1v) is 5.18. The van der Waals surface area contributed by atoms with Crippen LogP contribution in [-0.2, 0) is 4.52 Å². The standard InChI is InChI=1S/C4H3F10OP/c1-15-16(14,2(5,6)7,3(8,9)10)4(11,12)13/h1H3. The van der Waals surface area contributed by atoms with Gasteiger partial charge >= 0.3 is 80.2 Å². The van der Waals surface area contributed by atoms with Crippen LogP contribution in [0.2, 0.25) is 0 Å². The maximum absolute atomic E-state index is 13.0. The minimum atomic E-state index is -9.87.